The van der Waals surface area contributed by atoms with Crippen LogP contribution in [0.5, 0.6) is 11.5 Å². The highest BCUT2D eigenvalue weighted by Crippen LogP contribution is 2.35. The van der Waals surface area contributed by atoms with Gasteiger partial charge in [0.2, 0.25) is 0 Å². The van der Waals surface area contributed by atoms with Crippen molar-refractivity contribution < 1.29 is 9.47 Å². The summed E-state index contributed by atoms with van der Waals surface area (Å²) in [5.41, 5.74) is 2.44. The fraction of sp³-hybridized carbons (Fsp3) is 0.458. The number of piperidine rings is 1. The molecule has 0 saturated carbocycles. The molecule has 1 fully saturated rings. The van der Waals surface area contributed by atoms with E-state index in [1.807, 2.05) is 25.2 Å². The Morgan fingerprint density at radius 3 is 2.48 bits per heavy atom. The highest BCUT2D eigenvalue weighted by atomic mass is 127. The largest absolute Gasteiger partial charge is 0.497 e. The minimum absolute atomic E-state index is 0. The topological polar surface area (TPSA) is 58.1 Å². The molecule has 1 aliphatic heterocycles. The highest BCUT2D eigenvalue weighted by Gasteiger charge is 2.30. The molecule has 2 aromatic carbocycles. The smallest absolute Gasteiger partial charge is 0.191 e. The minimum atomic E-state index is 0. The Balaban J connectivity index is 0.00000341. The lowest BCUT2D eigenvalue weighted by Gasteiger charge is -2.40. The Morgan fingerprint density at radius 2 is 1.81 bits per heavy atom. The van der Waals surface area contributed by atoms with E-state index in [1.165, 1.54) is 18.4 Å². The number of nitrogens with one attached hydrogen (secondary N) is 2. The maximum Gasteiger partial charge on any atom is 0.191 e. The van der Waals surface area contributed by atoms with Crippen molar-refractivity contribution in [3.8, 4) is 11.5 Å². The molecular formula is C24H35IN4O2. The van der Waals surface area contributed by atoms with Crippen LogP contribution in [0.15, 0.2) is 53.5 Å². The van der Waals surface area contributed by atoms with Crippen molar-refractivity contribution >= 4 is 29.9 Å². The van der Waals surface area contributed by atoms with Gasteiger partial charge >= 0.3 is 0 Å². The van der Waals surface area contributed by atoms with Crippen LogP contribution in [0.2, 0.25) is 0 Å². The maximum atomic E-state index is 5.44. The third-order valence-electron chi connectivity index (χ3n) is 5.86. The maximum absolute atomic E-state index is 5.44. The van der Waals surface area contributed by atoms with Crippen LogP contribution in [0, 0.1) is 5.92 Å². The summed E-state index contributed by atoms with van der Waals surface area (Å²) in [5.74, 6) is 3.09. The van der Waals surface area contributed by atoms with Crippen LogP contribution in [0.25, 0.3) is 0 Å². The van der Waals surface area contributed by atoms with Gasteiger partial charge in [-0.15, -0.1) is 24.0 Å². The molecule has 6 nitrogen and oxygen atoms in total. The van der Waals surface area contributed by atoms with Gasteiger partial charge in [0.1, 0.15) is 11.5 Å². The average Bonchev–Trinajstić information content (AvgIpc) is 2.79. The summed E-state index contributed by atoms with van der Waals surface area (Å²) < 4.78 is 10.8. The zero-order valence-electron chi connectivity index (χ0n) is 18.9. The van der Waals surface area contributed by atoms with Gasteiger partial charge in [0, 0.05) is 31.7 Å². The zero-order chi connectivity index (χ0) is 21.3. The molecule has 31 heavy (non-hydrogen) atoms. The highest BCUT2D eigenvalue weighted by molar-refractivity contribution is 14.0. The summed E-state index contributed by atoms with van der Waals surface area (Å²) in [5, 5.41) is 6.95. The number of halogens is 1. The summed E-state index contributed by atoms with van der Waals surface area (Å²) in [7, 11) is 7.43. The van der Waals surface area contributed by atoms with Crippen LogP contribution in [-0.2, 0) is 6.54 Å². The van der Waals surface area contributed by atoms with Gasteiger partial charge in [-0.2, -0.15) is 0 Å². The van der Waals surface area contributed by atoms with E-state index in [2.05, 4.69) is 57.9 Å². The molecule has 1 saturated heterocycles. The second-order valence-corrected chi connectivity index (χ2v) is 7.72. The second kappa shape index (κ2) is 12.8. The molecule has 0 spiro atoms. The van der Waals surface area contributed by atoms with E-state index < -0.39 is 0 Å². The van der Waals surface area contributed by atoms with Crippen LogP contribution in [0.3, 0.4) is 0 Å². The van der Waals surface area contributed by atoms with Gasteiger partial charge in [-0.1, -0.05) is 30.3 Å². The number of nitrogens with zero attached hydrogens (tertiary/aromatic N) is 2. The summed E-state index contributed by atoms with van der Waals surface area (Å²) in [6.07, 6.45) is 2.40. The zero-order valence-corrected chi connectivity index (χ0v) is 21.3. The molecule has 170 valence electrons. The van der Waals surface area contributed by atoms with Gasteiger partial charge in [-0.05, 0) is 56.1 Å². The number of para-hydroxylation sites is 1. The quantitative estimate of drug-likeness (QED) is 0.316. The summed E-state index contributed by atoms with van der Waals surface area (Å²) >= 11 is 0. The number of rotatable bonds is 7. The molecule has 0 bridgehead atoms. The van der Waals surface area contributed by atoms with Crippen molar-refractivity contribution in [1.29, 1.82) is 0 Å². The summed E-state index contributed by atoms with van der Waals surface area (Å²) in [6, 6.07) is 16.9. The first-order chi connectivity index (χ1) is 14.7. The van der Waals surface area contributed by atoms with Gasteiger partial charge < -0.3 is 20.1 Å². The van der Waals surface area contributed by atoms with E-state index in [9.17, 15) is 0 Å². The molecule has 0 amide bonds. The predicted molar refractivity (Wildman–Crippen MR) is 138 cm³/mol. The van der Waals surface area contributed by atoms with Gasteiger partial charge in [-0.3, -0.25) is 9.89 Å². The molecule has 0 aliphatic carbocycles. The van der Waals surface area contributed by atoms with Gasteiger partial charge in [0.25, 0.3) is 0 Å². The molecule has 1 aliphatic rings. The number of hydrogen-bond acceptors (Lipinski definition) is 4. The Hall–Kier alpha value is -2.00. The van der Waals surface area contributed by atoms with Gasteiger partial charge in [-0.25, -0.2) is 0 Å². The summed E-state index contributed by atoms with van der Waals surface area (Å²) in [4.78, 5) is 6.87. The second-order valence-electron chi connectivity index (χ2n) is 7.72. The molecule has 3 rings (SSSR count). The van der Waals surface area contributed by atoms with Crippen molar-refractivity contribution in [1.82, 2.24) is 15.5 Å². The third kappa shape index (κ3) is 6.74. The molecule has 0 aromatic heterocycles. The van der Waals surface area contributed by atoms with Crippen molar-refractivity contribution in [3.63, 3.8) is 0 Å². The Bertz CT molecular complexity index is 829. The molecule has 2 aromatic rings. The van der Waals surface area contributed by atoms with Crippen molar-refractivity contribution in [3.05, 3.63) is 59.7 Å². The van der Waals surface area contributed by atoms with Crippen molar-refractivity contribution in [2.45, 2.75) is 25.4 Å². The lowest BCUT2D eigenvalue weighted by Crippen LogP contribution is -2.44. The normalized spacial score (nSPS) is 19.3. The standard InChI is InChI=1S/C24H34N4O2.HI/c1-25-24(26-16-19-8-5-6-10-22(19)30-4)27-17-20-9-7-15-28(2)23(20)18-11-13-21(29-3)14-12-18;/h5-6,8,10-14,20,23H,7,9,15-17H2,1-4H3,(H2,25,26,27);1H. The monoisotopic (exact) mass is 538 g/mol. The van der Waals surface area contributed by atoms with Crippen LogP contribution in [-0.4, -0.2) is 52.3 Å². The summed E-state index contributed by atoms with van der Waals surface area (Å²) in [6.45, 7) is 2.65. The number of hydrogen-bond donors (Lipinski definition) is 2. The Labute approximate surface area is 203 Å². The van der Waals surface area contributed by atoms with Crippen LogP contribution >= 0.6 is 24.0 Å². The molecule has 7 heteroatoms. The molecule has 2 N–H and O–H groups in total. The number of methoxy groups -OCH3 is 2. The fourth-order valence-electron chi connectivity index (χ4n) is 4.28. The number of guanidine groups is 1. The van der Waals surface area contributed by atoms with Crippen LogP contribution in [0.4, 0.5) is 0 Å². The van der Waals surface area contributed by atoms with Crippen molar-refractivity contribution in [2.75, 3.05) is 41.4 Å². The van der Waals surface area contributed by atoms with E-state index in [-0.39, 0.29) is 24.0 Å². The van der Waals surface area contributed by atoms with E-state index in [0.717, 1.165) is 36.1 Å². The number of ether oxygens (including phenoxy) is 2. The minimum Gasteiger partial charge on any atom is -0.497 e. The number of benzene rings is 2. The predicted octanol–water partition coefficient (Wildman–Crippen LogP) is 4.07. The number of aliphatic imine (C=N–C) groups is 1. The first-order valence-electron chi connectivity index (χ1n) is 10.6. The van der Waals surface area contributed by atoms with Crippen molar-refractivity contribution in [2.24, 2.45) is 10.9 Å². The molecule has 1 heterocycles. The van der Waals surface area contributed by atoms with Crippen LogP contribution < -0.4 is 20.1 Å². The SMILES string of the molecule is CN=C(NCc1ccccc1OC)NCC1CCCN(C)C1c1ccc(OC)cc1.I. The first kappa shape index (κ1) is 25.3. The average molecular weight is 538 g/mol. The lowest BCUT2D eigenvalue weighted by atomic mass is 9.85. The molecular weight excluding hydrogens is 503 g/mol. The van der Waals surface area contributed by atoms with E-state index >= 15 is 0 Å². The first-order valence-corrected chi connectivity index (χ1v) is 10.6. The van der Waals surface area contributed by atoms with Crippen LogP contribution in [0.1, 0.15) is 30.0 Å². The lowest BCUT2D eigenvalue weighted by molar-refractivity contribution is 0.122. The van der Waals surface area contributed by atoms with E-state index in [4.69, 9.17) is 9.47 Å². The third-order valence-corrected chi connectivity index (χ3v) is 5.86. The molecule has 2 unspecified atom stereocenters. The Kier molecular flexibility index (Phi) is 10.4. The van der Waals surface area contributed by atoms with E-state index in [0.29, 0.717) is 18.5 Å². The number of likely N-dealkylation sites (tertiary alicyclic amines) is 1. The van der Waals surface area contributed by atoms with Gasteiger partial charge in [0.15, 0.2) is 5.96 Å². The fourth-order valence-corrected chi connectivity index (χ4v) is 4.28. The molecule has 2 atom stereocenters. The Morgan fingerprint density at radius 1 is 1.06 bits per heavy atom. The van der Waals surface area contributed by atoms with Gasteiger partial charge in [0.05, 0.1) is 14.2 Å². The molecule has 0 radical (unpaired) electrons. The van der Waals surface area contributed by atoms with E-state index in [1.54, 1.807) is 14.2 Å².